The van der Waals surface area contributed by atoms with Gasteiger partial charge in [0, 0.05) is 36.7 Å². The van der Waals surface area contributed by atoms with Crippen LogP contribution in [0.4, 0.5) is 5.13 Å². The third-order valence-corrected chi connectivity index (χ3v) is 7.06. The number of fused-ring (bicyclic) bond motifs is 1. The van der Waals surface area contributed by atoms with Crippen LogP contribution in [0.5, 0.6) is 5.75 Å². The van der Waals surface area contributed by atoms with Gasteiger partial charge in [-0.05, 0) is 45.2 Å². The normalized spacial score (nSPS) is 19.9. The number of oxazole rings is 1. The lowest BCUT2D eigenvalue weighted by molar-refractivity contribution is -0.268. The lowest BCUT2D eigenvalue weighted by Crippen LogP contribution is -2.44. The molecule has 0 aliphatic carbocycles. The van der Waals surface area contributed by atoms with E-state index in [9.17, 15) is 0 Å². The molecule has 2 saturated heterocycles. The highest BCUT2D eigenvalue weighted by Crippen LogP contribution is 2.28. The van der Waals surface area contributed by atoms with Gasteiger partial charge in [0.15, 0.2) is 22.4 Å². The second kappa shape index (κ2) is 9.37. The van der Waals surface area contributed by atoms with Gasteiger partial charge in [0.1, 0.15) is 17.4 Å². The molecule has 7 nitrogen and oxygen atoms in total. The molecule has 0 unspecified atom stereocenters. The van der Waals surface area contributed by atoms with Crippen molar-refractivity contribution in [3.8, 4) is 5.75 Å². The number of rotatable bonds is 6. The Morgan fingerprint density at radius 3 is 2.66 bits per heavy atom. The van der Waals surface area contributed by atoms with Crippen molar-refractivity contribution in [3.63, 3.8) is 0 Å². The summed E-state index contributed by atoms with van der Waals surface area (Å²) < 4.78 is 23.4. The number of aryl methyl sites for hydroxylation is 2. The van der Waals surface area contributed by atoms with Crippen LogP contribution in [-0.2, 0) is 22.3 Å². The van der Waals surface area contributed by atoms with Crippen LogP contribution >= 0.6 is 11.3 Å². The predicted molar refractivity (Wildman–Crippen MR) is 125 cm³/mol. The number of aromatic nitrogens is 2. The second-order valence-corrected chi connectivity index (χ2v) is 10.1. The fraction of sp³-hybridized carbons (Fsp3) is 0.583. The summed E-state index contributed by atoms with van der Waals surface area (Å²) in [6.07, 6.45) is 8.71. The van der Waals surface area contributed by atoms with Crippen molar-refractivity contribution in [1.29, 1.82) is 0 Å². The first-order valence-electron chi connectivity index (χ1n) is 11.6. The van der Waals surface area contributed by atoms with Crippen LogP contribution in [0, 0.1) is 0 Å². The zero-order valence-corrected chi connectivity index (χ0v) is 19.7. The van der Waals surface area contributed by atoms with E-state index in [1.807, 2.05) is 38.2 Å². The first-order valence-corrected chi connectivity index (χ1v) is 12.4. The van der Waals surface area contributed by atoms with Crippen molar-refractivity contribution in [2.24, 2.45) is 0 Å². The molecule has 4 heterocycles. The Bertz CT molecular complexity index is 1030. The molecule has 0 atom stereocenters. The summed E-state index contributed by atoms with van der Waals surface area (Å²) in [5, 5.41) is 1.15. The molecule has 2 aromatic heterocycles. The minimum atomic E-state index is -0.546. The number of hydrogen-bond acceptors (Lipinski definition) is 8. The summed E-state index contributed by atoms with van der Waals surface area (Å²) in [6, 6.07) is 5.76. The second-order valence-electron chi connectivity index (χ2n) is 9.01. The Morgan fingerprint density at radius 1 is 1.09 bits per heavy atom. The fourth-order valence-corrected chi connectivity index (χ4v) is 5.08. The quantitative estimate of drug-likeness (QED) is 0.517. The third kappa shape index (κ3) is 5.24. The Kier molecular flexibility index (Phi) is 6.35. The van der Waals surface area contributed by atoms with Crippen LogP contribution in [0.15, 0.2) is 28.8 Å². The van der Waals surface area contributed by atoms with E-state index in [0.717, 1.165) is 53.8 Å². The molecular weight excluding hydrogens is 426 g/mol. The van der Waals surface area contributed by atoms with E-state index < -0.39 is 5.79 Å². The molecule has 2 fully saturated rings. The Balaban J connectivity index is 1.18. The lowest BCUT2D eigenvalue weighted by atomic mass is 10.2. The first-order chi connectivity index (χ1) is 15.5. The van der Waals surface area contributed by atoms with Gasteiger partial charge < -0.3 is 23.5 Å². The highest BCUT2D eigenvalue weighted by atomic mass is 32.1. The van der Waals surface area contributed by atoms with Gasteiger partial charge in [-0.1, -0.05) is 12.8 Å². The van der Waals surface area contributed by atoms with E-state index in [0.29, 0.717) is 13.2 Å². The predicted octanol–water partition coefficient (Wildman–Crippen LogP) is 4.98. The van der Waals surface area contributed by atoms with E-state index in [1.54, 1.807) is 11.3 Å². The minimum Gasteiger partial charge on any atom is -0.485 e. The van der Waals surface area contributed by atoms with Gasteiger partial charge in [-0.25, -0.2) is 9.97 Å². The zero-order chi connectivity index (χ0) is 22.0. The molecule has 0 bridgehead atoms. The summed E-state index contributed by atoms with van der Waals surface area (Å²) in [7, 11) is 0. The Labute approximate surface area is 192 Å². The maximum absolute atomic E-state index is 6.02. The van der Waals surface area contributed by atoms with E-state index in [2.05, 4.69) is 14.9 Å². The standard InChI is InChI=1S/C24H31N3O4S/c1-24(2)28-15-18(16-29-24)30-17-7-9-20-21(13-17)31-22(26-20)10-8-19-14-25-23(32-19)27-11-5-3-4-6-12-27/h7,9,13-14,18H,3-6,8,10-12,15-16H2,1-2H3. The van der Waals surface area contributed by atoms with Crippen LogP contribution in [0.3, 0.4) is 0 Å². The average molecular weight is 458 g/mol. The minimum absolute atomic E-state index is 0.132. The molecule has 0 radical (unpaired) electrons. The highest BCUT2D eigenvalue weighted by molar-refractivity contribution is 7.15. The summed E-state index contributed by atoms with van der Waals surface area (Å²) in [4.78, 5) is 13.0. The number of ether oxygens (including phenoxy) is 3. The monoisotopic (exact) mass is 457 g/mol. The molecule has 2 aliphatic rings. The van der Waals surface area contributed by atoms with Gasteiger partial charge in [0.05, 0.1) is 13.2 Å². The van der Waals surface area contributed by atoms with Crippen LogP contribution in [-0.4, -0.2) is 48.2 Å². The molecule has 172 valence electrons. The molecule has 8 heteroatoms. The zero-order valence-electron chi connectivity index (χ0n) is 18.8. The molecule has 5 rings (SSSR count). The van der Waals surface area contributed by atoms with Gasteiger partial charge >= 0.3 is 0 Å². The van der Waals surface area contributed by atoms with Crippen molar-refractivity contribution in [2.75, 3.05) is 31.2 Å². The van der Waals surface area contributed by atoms with Crippen LogP contribution in [0.25, 0.3) is 11.1 Å². The van der Waals surface area contributed by atoms with E-state index in [4.69, 9.17) is 18.6 Å². The molecule has 0 spiro atoms. The summed E-state index contributed by atoms with van der Waals surface area (Å²) in [5.74, 6) is 0.935. The Morgan fingerprint density at radius 2 is 1.88 bits per heavy atom. The highest BCUT2D eigenvalue weighted by Gasteiger charge is 2.29. The van der Waals surface area contributed by atoms with Gasteiger partial charge in [0.25, 0.3) is 0 Å². The number of hydrogen-bond donors (Lipinski definition) is 0. The van der Waals surface area contributed by atoms with Gasteiger partial charge in [-0.15, -0.1) is 11.3 Å². The smallest absolute Gasteiger partial charge is 0.195 e. The number of benzene rings is 1. The van der Waals surface area contributed by atoms with Crippen LogP contribution in [0.1, 0.15) is 50.3 Å². The summed E-state index contributed by atoms with van der Waals surface area (Å²) in [5.41, 5.74) is 1.59. The first kappa shape index (κ1) is 21.7. The molecule has 32 heavy (non-hydrogen) atoms. The van der Waals surface area contributed by atoms with Crippen LogP contribution < -0.4 is 9.64 Å². The van der Waals surface area contributed by atoms with Gasteiger partial charge in [-0.3, -0.25) is 0 Å². The SMILES string of the molecule is CC1(C)OCC(Oc2ccc3nc(CCc4cnc(N5CCCCCC5)s4)oc3c2)CO1. The Hall–Kier alpha value is -2.16. The summed E-state index contributed by atoms with van der Waals surface area (Å²) >= 11 is 1.80. The van der Waals surface area contributed by atoms with Crippen molar-refractivity contribution >= 4 is 27.6 Å². The van der Waals surface area contributed by atoms with E-state index in [-0.39, 0.29) is 6.10 Å². The molecule has 2 aliphatic heterocycles. The molecule has 3 aromatic rings. The largest absolute Gasteiger partial charge is 0.485 e. The van der Waals surface area contributed by atoms with E-state index >= 15 is 0 Å². The molecule has 0 saturated carbocycles. The van der Waals surface area contributed by atoms with Gasteiger partial charge in [0.2, 0.25) is 0 Å². The van der Waals surface area contributed by atoms with Crippen LogP contribution in [0.2, 0.25) is 0 Å². The maximum atomic E-state index is 6.02. The molecule has 1 aromatic carbocycles. The lowest BCUT2D eigenvalue weighted by Gasteiger charge is -2.34. The van der Waals surface area contributed by atoms with Crippen molar-refractivity contribution < 1.29 is 18.6 Å². The number of anilines is 1. The number of thiazole rings is 1. The third-order valence-electron chi connectivity index (χ3n) is 5.94. The van der Waals surface area contributed by atoms with Crippen molar-refractivity contribution in [2.45, 2.75) is 64.3 Å². The molecular formula is C24H31N3O4S. The molecule has 0 N–H and O–H groups in total. The topological polar surface area (TPSA) is 69.9 Å². The maximum Gasteiger partial charge on any atom is 0.195 e. The van der Waals surface area contributed by atoms with Crippen molar-refractivity contribution in [1.82, 2.24) is 9.97 Å². The fourth-order valence-electron chi connectivity index (χ4n) is 4.12. The summed E-state index contributed by atoms with van der Waals surface area (Å²) in [6.45, 7) is 7.07. The van der Waals surface area contributed by atoms with Crippen molar-refractivity contribution in [3.05, 3.63) is 35.2 Å². The van der Waals surface area contributed by atoms with Gasteiger partial charge in [-0.2, -0.15) is 0 Å². The van der Waals surface area contributed by atoms with E-state index in [1.165, 1.54) is 30.6 Å². The average Bonchev–Trinajstić information content (AvgIpc) is 3.32. The molecule has 0 amide bonds. The number of nitrogens with zero attached hydrogens (tertiary/aromatic N) is 3.